The van der Waals surface area contributed by atoms with Gasteiger partial charge in [-0.15, -0.1) is 0 Å². The highest BCUT2D eigenvalue weighted by atomic mass is 31.1. The molecule has 0 saturated heterocycles. The second kappa shape index (κ2) is 14.3. The highest BCUT2D eigenvalue weighted by molar-refractivity contribution is 7.31. The van der Waals surface area contributed by atoms with Crippen molar-refractivity contribution in [3.05, 3.63) is 0 Å². The van der Waals surface area contributed by atoms with Gasteiger partial charge in [0.25, 0.3) is 0 Å². The van der Waals surface area contributed by atoms with E-state index in [2.05, 4.69) is 6.92 Å². The second-order valence-electron chi connectivity index (χ2n) is 5.74. The van der Waals surface area contributed by atoms with Gasteiger partial charge in [-0.3, -0.25) is 4.79 Å². The van der Waals surface area contributed by atoms with E-state index in [9.17, 15) is 13.9 Å². The van der Waals surface area contributed by atoms with Crippen LogP contribution in [0.2, 0.25) is 0 Å². The first-order valence-corrected chi connectivity index (χ1v) is 9.61. The lowest BCUT2D eigenvalue weighted by Gasteiger charge is -2.05. The van der Waals surface area contributed by atoms with E-state index >= 15 is 0 Å². The van der Waals surface area contributed by atoms with Gasteiger partial charge in [0.05, 0.1) is 18.7 Å². The summed E-state index contributed by atoms with van der Waals surface area (Å²) in [5.74, 6) is -0.405. The Labute approximate surface area is 129 Å². The zero-order valence-corrected chi connectivity index (χ0v) is 14.5. The van der Waals surface area contributed by atoms with E-state index in [0.29, 0.717) is 6.61 Å². The molecular formula is C16H31O4P. The van der Waals surface area contributed by atoms with Crippen molar-refractivity contribution in [1.82, 2.24) is 0 Å². The summed E-state index contributed by atoms with van der Waals surface area (Å²) < 4.78 is 26.3. The lowest BCUT2D eigenvalue weighted by atomic mass is 10.1. The zero-order chi connectivity index (χ0) is 15.9. The van der Waals surface area contributed by atoms with E-state index in [0.717, 1.165) is 12.8 Å². The number of carbonyl (C=O) groups excluding carboxylic acids is 1. The van der Waals surface area contributed by atoms with Crippen molar-refractivity contribution in [1.29, 1.82) is 0 Å². The van der Waals surface area contributed by atoms with Crippen LogP contribution >= 0.6 is 7.68 Å². The molecule has 5 heteroatoms. The normalized spacial score (nSPS) is 12.1. The number of carbonyl (C=O) groups is 1. The Morgan fingerprint density at radius 1 is 0.905 bits per heavy atom. The van der Waals surface area contributed by atoms with E-state index in [4.69, 9.17) is 4.74 Å². The molecule has 0 aliphatic rings. The van der Waals surface area contributed by atoms with E-state index < -0.39 is 19.3 Å². The molecule has 124 valence electrons. The van der Waals surface area contributed by atoms with Crippen molar-refractivity contribution in [2.75, 3.05) is 6.61 Å². The fourth-order valence-electron chi connectivity index (χ4n) is 2.15. The number of hydrogen-bond donors (Lipinski definition) is 0. The van der Waals surface area contributed by atoms with Crippen LogP contribution in [0.25, 0.3) is 0 Å². The number of esters is 1. The fourth-order valence-corrected chi connectivity index (χ4v) is 2.45. The molecule has 4 nitrogen and oxygen atoms in total. The minimum Gasteiger partial charge on any atom is -0.466 e. The molecule has 1 unspecified atom stereocenters. The van der Waals surface area contributed by atoms with E-state index in [-0.39, 0.29) is 6.42 Å². The lowest BCUT2D eigenvalue weighted by Crippen LogP contribution is -2.10. The summed E-state index contributed by atoms with van der Waals surface area (Å²) in [6, 6.07) is 0. The smallest absolute Gasteiger partial charge is 0.319 e. The minimum absolute atomic E-state index is 0.0313. The maximum atomic E-state index is 11.3. The lowest BCUT2D eigenvalue weighted by molar-refractivity contribution is -0.143. The van der Waals surface area contributed by atoms with Crippen LogP contribution in [0.3, 0.4) is 0 Å². The third kappa shape index (κ3) is 14.1. The first kappa shape index (κ1) is 20.4. The van der Waals surface area contributed by atoms with Crippen molar-refractivity contribution in [3.8, 4) is 0 Å². The molecule has 0 bridgehead atoms. The van der Waals surface area contributed by atoms with Crippen molar-refractivity contribution >= 4 is 13.6 Å². The average molecular weight is 318 g/mol. The summed E-state index contributed by atoms with van der Waals surface area (Å²) in [6.07, 6.45) is 12.4. The highest BCUT2D eigenvalue weighted by Gasteiger charge is 2.14. The molecule has 0 fully saturated rings. The van der Waals surface area contributed by atoms with Gasteiger partial charge in [-0.1, -0.05) is 64.7 Å². The Morgan fingerprint density at radius 3 is 1.86 bits per heavy atom. The van der Waals surface area contributed by atoms with Crippen LogP contribution in [-0.4, -0.2) is 18.2 Å². The molecule has 0 N–H and O–H groups in total. The first-order valence-electron chi connectivity index (χ1n) is 8.37. The third-order valence-electron chi connectivity index (χ3n) is 3.58. The summed E-state index contributed by atoms with van der Waals surface area (Å²) in [6.45, 7) is 4.17. The van der Waals surface area contributed by atoms with Gasteiger partial charge in [0, 0.05) is 0 Å². The van der Waals surface area contributed by atoms with Crippen LogP contribution in [0.1, 0.15) is 84.5 Å². The van der Waals surface area contributed by atoms with Gasteiger partial charge in [0.15, 0.2) is 0 Å². The minimum atomic E-state index is -2.53. The largest absolute Gasteiger partial charge is 0.466 e. The monoisotopic (exact) mass is 318 g/mol. The van der Waals surface area contributed by atoms with E-state index in [1.54, 1.807) is 0 Å². The summed E-state index contributed by atoms with van der Waals surface area (Å²) in [5, 5.41) is 0. The Bertz CT molecular complexity index is 318. The van der Waals surface area contributed by atoms with E-state index in [1.807, 2.05) is 0 Å². The van der Waals surface area contributed by atoms with Gasteiger partial charge in [-0.05, 0) is 13.3 Å². The zero-order valence-electron chi connectivity index (χ0n) is 13.6. The molecule has 0 rings (SSSR count). The summed E-state index contributed by atoms with van der Waals surface area (Å²) >= 11 is 0. The van der Waals surface area contributed by atoms with Crippen LogP contribution in [0.4, 0.5) is 0 Å². The molecular weight excluding hydrogens is 287 g/mol. The van der Waals surface area contributed by atoms with Gasteiger partial charge in [0.2, 0.25) is 0 Å². The van der Waals surface area contributed by atoms with E-state index in [1.165, 1.54) is 58.3 Å². The van der Waals surface area contributed by atoms with Gasteiger partial charge in [-0.2, -0.15) is 0 Å². The summed E-state index contributed by atoms with van der Waals surface area (Å²) in [7, 11) is -2.53. The van der Waals surface area contributed by atoms with Gasteiger partial charge in [-0.25, -0.2) is 9.13 Å². The number of unbranched alkanes of at least 4 members (excludes halogenated alkanes) is 9. The first-order chi connectivity index (χ1) is 10.1. The Morgan fingerprint density at radius 2 is 1.38 bits per heavy atom. The molecule has 0 spiro atoms. The highest BCUT2D eigenvalue weighted by Crippen LogP contribution is 2.17. The summed E-state index contributed by atoms with van der Waals surface area (Å²) in [5.41, 5.74) is -0.625. The topological polar surface area (TPSA) is 60.4 Å². The molecule has 0 saturated carbocycles. The molecule has 0 aromatic rings. The standard InChI is InChI=1S/C16H31O4P/c1-3-4-5-6-7-8-9-10-11-12-13-20-16(17)14-15(2)21(18)19/h15H,3-14H2,1-2H3. The van der Waals surface area contributed by atoms with Crippen molar-refractivity contribution in [3.63, 3.8) is 0 Å². The number of ether oxygens (including phenoxy) is 1. The predicted molar refractivity (Wildman–Crippen MR) is 85.2 cm³/mol. The molecule has 21 heavy (non-hydrogen) atoms. The maximum absolute atomic E-state index is 11.3. The predicted octanol–water partition coefficient (Wildman–Crippen LogP) is 5.40. The molecule has 0 amide bonds. The number of hydrogen-bond acceptors (Lipinski definition) is 4. The Hall–Kier alpha value is -0.630. The van der Waals surface area contributed by atoms with Crippen LogP contribution < -0.4 is 0 Å². The van der Waals surface area contributed by atoms with Gasteiger partial charge in [0.1, 0.15) is 0 Å². The SMILES string of the molecule is CCCCCCCCCCCCOC(=O)CC(C)P(=O)=O. The second-order valence-corrected chi connectivity index (χ2v) is 7.19. The molecule has 0 aromatic carbocycles. The number of rotatable bonds is 14. The quantitative estimate of drug-likeness (QED) is 0.244. The molecule has 0 radical (unpaired) electrons. The van der Waals surface area contributed by atoms with Crippen molar-refractivity contribution < 1.29 is 18.7 Å². The van der Waals surface area contributed by atoms with Crippen LogP contribution in [0, 0.1) is 0 Å². The van der Waals surface area contributed by atoms with Crippen LogP contribution in [0.5, 0.6) is 0 Å². The molecule has 1 atom stereocenters. The summed E-state index contributed by atoms with van der Waals surface area (Å²) in [4.78, 5) is 11.3. The van der Waals surface area contributed by atoms with Gasteiger partial charge < -0.3 is 4.74 Å². The van der Waals surface area contributed by atoms with Crippen molar-refractivity contribution in [2.45, 2.75) is 90.1 Å². The van der Waals surface area contributed by atoms with Crippen molar-refractivity contribution in [2.24, 2.45) is 0 Å². The maximum Gasteiger partial charge on any atom is 0.319 e. The molecule has 0 heterocycles. The Balaban J connectivity index is 3.27. The molecule has 0 aliphatic carbocycles. The fraction of sp³-hybridized carbons (Fsp3) is 0.938. The van der Waals surface area contributed by atoms with Crippen LogP contribution in [-0.2, 0) is 18.7 Å². The third-order valence-corrected chi connectivity index (χ3v) is 4.49. The Kier molecular flexibility index (Phi) is 13.9. The van der Waals surface area contributed by atoms with Gasteiger partial charge >= 0.3 is 13.6 Å². The molecule has 0 aliphatic heterocycles. The average Bonchev–Trinajstić information content (AvgIpc) is 2.44. The molecule has 0 aromatic heterocycles. The van der Waals surface area contributed by atoms with Crippen LogP contribution in [0.15, 0.2) is 0 Å².